The predicted molar refractivity (Wildman–Crippen MR) is 71.8 cm³/mol. The van der Waals surface area contributed by atoms with Crippen molar-refractivity contribution in [1.29, 1.82) is 0 Å². The minimum atomic E-state index is -0.0993. The van der Waals surface area contributed by atoms with Gasteiger partial charge in [-0.2, -0.15) is 0 Å². The minimum Gasteiger partial charge on any atom is -0.325 e. The molecule has 0 saturated heterocycles. The number of hydrogen-bond donors (Lipinski definition) is 1. The largest absolute Gasteiger partial charge is 0.325 e. The number of carbonyl (C=O) groups excluding carboxylic acids is 1. The molecule has 0 unspecified atom stereocenters. The highest BCUT2D eigenvalue weighted by Crippen LogP contribution is 2.15. The van der Waals surface area contributed by atoms with Gasteiger partial charge in [0.2, 0.25) is 5.91 Å². The lowest BCUT2D eigenvalue weighted by atomic mass is 10.3. The molecule has 4 nitrogen and oxygen atoms in total. The number of hydrogen-bond acceptors (Lipinski definition) is 2. The quantitative estimate of drug-likeness (QED) is 0.926. The highest BCUT2D eigenvalue weighted by Gasteiger charge is 2.07. The zero-order valence-electron chi connectivity index (χ0n) is 10.3. The van der Waals surface area contributed by atoms with Gasteiger partial charge in [0.15, 0.2) is 0 Å². The van der Waals surface area contributed by atoms with Crippen molar-refractivity contribution in [2.24, 2.45) is 0 Å². The number of aromatic nitrogens is 2. The maximum absolute atomic E-state index is 11.9. The second-order valence-electron chi connectivity index (χ2n) is 4.10. The van der Waals surface area contributed by atoms with Gasteiger partial charge in [0.25, 0.3) is 0 Å². The van der Waals surface area contributed by atoms with Gasteiger partial charge in [-0.25, -0.2) is 4.98 Å². The summed E-state index contributed by atoms with van der Waals surface area (Å²) in [5.41, 5.74) is 2.63. The van der Waals surface area contributed by atoms with E-state index in [1.807, 2.05) is 18.4 Å². The van der Waals surface area contributed by atoms with Gasteiger partial charge < -0.3 is 9.88 Å². The summed E-state index contributed by atoms with van der Waals surface area (Å²) < 4.78 is 1.81. The first-order valence-corrected chi connectivity index (χ1v) is 5.98. The van der Waals surface area contributed by atoms with Gasteiger partial charge in [-0.1, -0.05) is 17.7 Å². The molecule has 0 aliphatic carbocycles. The SMILES string of the molecule is Cc1ncn(CC(=O)Nc2cccc(Cl)c2)c1C. The summed E-state index contributed by atoms with van der Waals surface area (Å²) in [6.45, 7) is 4.11. The predicted octanol–water partition coefficient (Wildman–Crippen LogP) is 2.79. The number of carbonyl (C=O) groups is 1. The molecule has 0 spiro atoms. The number of nitrogens with zero attached hydrogens (tertiary/aromatic N) is 2. The number of amides is 1. The zero-order valence-corrected chi connectivity index (χ0v) is 11.0. The molecule has 94 valence electrons. The Balaban J connectivity index is 2.03. The molecule has 1 heterocycles. The Morgan fingerprint density at radius 3 is 2.83 bits per heavy atom. The van der Waals surface area contributed by atoms with Crippen molar-refractivity contribution in [3.63, 3.8) is 0 Å². The van der Waals surface area contributed by atoms with Gasteiger partial charge in [0.05, 0.1) is 12.0 Å². The fraction of sp³-hybridized carbons (Fsp3) is 0.231. The van der Waals surface area contributed by atoms with Gasteiger partial charge in [-0.05, 0) is 32.0 Å². The Hall–Kier alpha value is -1.81. The summed E-state index contributed by atoms with van der Waals surface area (Å²) in [4.78, 5) is 16.0. The molecule has 0 fully saturated rings. The zero-order chi connectivity index (χ0) is 13.1. The van der Waals surface area contributed by atoms with E-state index in [0.717, 1.165) is 11.4 Å². The summed E-state index contributed by atoms with van der Waals surface area (Å²) in [6.07, 6.45) is 1.67. The normalized spacial score (nSPS) is 10.4. The number of nitrogens with one attached hydrogen (secondary N) is 1. The van der Waals surface area contributed by atoms with Crippen LogP contribution >= 0.6 is 11.6 Å². The number of benzene rings is 1. The van der Waals surface area contributed by atoms with Crippen LogP contribution in [0.25, 0.3) is 0 Å². The van der Waals surface area contributed by atoms with Crippen molar-refractivity contribution in [3.05, 3.63) is 47.0 Å². The number of rotatable bonds is 3. The topological polar surface area (TPSA) is 46.9 Å². The third kappa shape index (κ3) is 2.90. The third-order valence-electron chi connectivity index (χ3n) is 2.77. The van der Waals surface area contributed by atoms with Crippen LogP contribution in [0.3, 0.4) is 0 Å². The molecular formula is C13H14ClN3O. The van der Waals surface area contributed by atoms with E-state index >= 15 is 0 Å². The molecule has 1 amide bonds. The van der Waals surface area contributed by atoms with Crippen LogP contribution in [0.1, 0.15) is 11.4 Å². The molecule has 1 N–H and O–H groups in total. The molecular weight excluding hydrogens is 250 g/mol. The summed E-state index contributed by atoms with van der Waals surface area (Å²) >= 11 is 5.85. The van der Waals surface area contributed by atoms with Crippen LogP contribution in [-0.4, -0.2) is 15.5 Å². The van der Waals surface area contributed by atoms with Crippen molar-refractivity contribution in [3.8, 4) is 0 Å². The second-order valence-corrected chi connectivity index (χ2v) is 4.54. The van der Waals surface area contributed by atoms with E-state index < -0.39 is 0 Å². The standard InChI is InChI=1S/C13H14ClN3O/c1-9-10(2)17(8-15-9)7-13(18)16-12-5-3-4-11(14)6-12/h3-6,8H,7H2,1-2H3,(H,16,18). The fourth-order valence-electron chi connectivity index (χ4n) is 1.63. The smallest absolute Gasteiger partial charge is 0.244 e. The Bertz CT molecular complexity index is 577. The van der Waals surface area contributed by atoms with Gasteiger partial charge in [0, 0.05) is 16.4 Å². The number of imidazole rings is 1. The van der Waals surface area contributed by atoms with Crippen molar-refractivity contribution in [1.82, 2.24) is 9.55 Å². The van der Waals surface area contributed by atoms with E-state index in [2.05, 4.69) is 10.3 Å². The van der Waals surface area contributed by atoms with Gasteiger partial charge in [-0.15, -0.1) is 0 Å². The average molecular weight is 264 g/mol. The summed E-state index contributed by atoms with van der Waals surface area (Å²) in [5, 5.41) is 3.40. The van der Waals surface area contributed by atoms with E-state index in [1.54, 1.807) is 30.6 Å². The van der Waals surface area contributed by atoms with Gasteiger partial charge >= 0.3 is 0 Å². The molecule has 18 heavy (non-hydrogen) atoms. The van der Waals surface area contributed by atoms with E-state index in [0.29, 0.717) is 10.7 Å². The minimum absolute atomic E-state index is 0.0993. The lowest BCUT2D eigenvalue weighted by Gasteiger charge is -2.07. The highest BCUT2D eigenvalue weighted by atomic mass is 35.5. The van der Waals surface area contributed by atoms with Crippen LogP contribution in [0.2, 0.25) is 5.02 Å². The summed E-state index contributed by atoms with van der Waals surface area (Å²) in [6, 6.07) is 7.08. The third-order valence-corrected chi connectivity index (χ3v) is 3.00. The molecule has 5 heteroatoms. The first-order chi connectivity index (χ1) is 8.56. The monoisotopic (exact) mass is 263 g/mol. The number of halogens is 1. The van der Waals surface area contributed by atoms with Crippen LogP contribution < -0.4 is 5.32 Å². The van der Waals surface area contributed by atoms with E-state index in [9.17, 15) is 4.79 Å². The first kappa shape index (κ1) is 12.6. The van der Waals surface area contributed by atoms with Crippen molar-refractivity contribution in [2.75, 3.05) is 5.32 Å². The molecule has 0 bridgehead atoms. The molecule has 0 aliphatic heterocycles. The number of aryl methyl sites for hydroxylation is 1. The van der Waals surface area contributed by atoms with E-state index in [-0.39, 0.29) is 12.5 Å². The summed E-state index contributed by atoms with van der Waals surface area (Å²) in [5.74, 6) is -0.0993. The molecule has 0 radical (unpaired) electrons. The van der Waals surface area contributed by atoms with Crippen LogP contribution in [0, 0.1) is 13.8 Å². The molecule has 0 aliphatic rings. The van der Waals surface area contributed by atoms with Crippen molar-refractivity contribution >= 4 is 23.2 Å². The van der Waals surface area contributed by atoms with Gasteiger partial charge in [-0.3, -0.25) is 4.79 Å². The Morgan fingerprint density at radius 2 is 2.22 bits per heavy atom. The van der Waals surface area contributed by atoms with Crippen LogP contribution in [-0.2, 0) is 11.3 Å². The lowest BCUT2D eigenvalue weighted by molar-refractivity contribution is -0.116. The Labute approximate surface area is 111 Å². The number of anilines is 1. The highest BCUT2D eigenvalue weighted by molar-refractivity contribution is 6.30. The van der Waals surface area contributed by atoms with Crippen molar-refractivity contribution in [2.45, 2.75) is 20.4 Å². The van der Waals surface area contributed by atoms with Crippen LogP contribution in [0.4, 0.5) is 5.69 Å². The lowest BCUT2D eigenvalue weighted by Crippen LogP contribution is -2.19. The average Bonchev–Trinajstić information content (AvgIpc) is 2.61. The maximum Gasteiger partial charge on any atom is 0.244 e. The summed E-state index contributed by atoms with van der Waals surface area (Å²) in [7, 11) is 0. The molecule has 1 aromatic heterocycles. The Morgan fingerprint density at radius 1 is 1.44 bits per heavy atom. The molecule has 0 saturated carbocycles. The van der Waals surface area contributed by atoms with Crippen LogP contribution in [0.15, 0.2) is 30.6 Å². The van der Waals surface area contributed by atoms with Crippen molar-refractivity contribution < 1.29 is 4.79 Å². The van der Waals surface area contributed by atoms with Gasteiger partial charge in [0.1, 0.15) is 6.54 Å². The maximum atomic E-state index is 11.9. The van der Waals surface area contributed by atoms with E-state index in [1.165, 1.54) is 0 Å². The second kappa shape index (κ2) is 5.23. The first-order valence-electron chi connectivity index (χ1n) is 5.60. The molecule has 2 rings (SSSR count). The molecule has 1 aromatic carbocycles. The molecule has 2 aromatic rings. The molecule has 0 atom stereocenters. The Kier molecular flexibility index (Phi) is 3.67. The van der Waals surface area contributed by atoms with Crippen LogP contribution in [0.5, 0.6) is 0 Å². The fourth-order valence-corrected chi connectivity index (χ4v) is 1.82. The van der Waals surface area contributed by atoms with E-state index in [4.69, 9.17) is 11.6 Å².